The zero-order valence-corrected chi connectivity index (χ0v) is 20.1. The summed E-state index contributed by atoms with van der Waals surface area (Å²) >= 11 is 0. The predicted octanol–water partition coefficient (Wildman–Crippen LogP) is 2.08. The van der Waals surface area contributed by atoms with Crippen molar-refractivity contribution in [2.75, 3.05) is 13.2 Å². The number of fused-ring (bicyclic) bond motifs is 2. The van der Waals surface area contributed by atoms with Crippen molar-refractivity contribution in [1.29, 1.82) is 0 Å². The summed E-state index contributed by atoms with van der Waals surface area (Å²) in [5.74, 6) is -0.361. The molecule has 0 aliphatic carbocycles. The molecule has 0 saturated heterocycles. The molecule has 8 heteroatoms. The number of benzene rings is 1. The molecule has 1 aromatic rings. The van der Waals surface area contributed by atoms with Crippen LogP contribution in [0.2, 0.25) is 0 Å². The maximum atomic E-state index is 12.8. The maximum Gasteiger partial charge on any atom is 0.242 e. The van der Waals surface area contributed by atoms with Crippen molar-refractivity contribution in [3.05, 3.63) is 29.8 Å². The average Bonchev–Trinajstić information content (AvgIpc) is 2.78. The number of ether oxygens (including phenoxy) is 1. The van der Waals surface area contributed by atoms with Crippen LogP contribution in [-0.2, 0) is 20.8 Å². The molecule has 2 bridgehead atoms. The Balaban J connectivity index is 2.15. The molecule has 1 aromatic carbocycles. The van der Waals surface area contributed by atoms with E-state index in [9.17, 15) is 19.5 Å². The highest BCUT2D eigenvalue weighted by atomic mass is 16.5. The molecule has 1 aliphatic heterocycles. The Morgan fingerprint density at radius 3 is 2.82 bits per heavy atom. The van der Waals surface area contributed by atoms with Crippen molar-refractivity contribution in [3.8, 4) is 5.75 Å². The fourth-order valence-corrected chi connectivity index (χ4v) is 3.76. The fourth-order valence-electron chi connectivity index (χ4n) is 3.76. The summed E-state index contributed by atoms with van der Waals surface area (Å²) < 4.78 is 5.80. The van der Waals surface area contributed by atoms with Gasteiger partial charge in [0.2, 0.25) is 17.7 Å². The topological polar surface area (TPSA) is 117 Å². The lowest BCUT2D eigenvalue weighted by Gasteiger charge is -2.28. The summed E-state index contributed by atoms with van der Waals surface area (Å²) in [6.45, 7) is 6.57. The van der Waals surface area contributed by atoms with Crippen molar-refractivity contribution in [2.24, 2.45) is 5.92 Å². The molecule has 0 spiro atoms. The van der Waals surface area contributed by atoms with Crippen molar-refractivity contribution in [3.63, 3.8) is 0 Å². The Morgan fingerprint density at radius 1 is 1.27 bits per heavy atom. The molecule has 8 nitrogen and oxygen atoms in total. The van der Waals surface area contributed by atoms with Gasteiger partial charge in [0.25, 0.3) is 0 Å². The number of carbonyl (C=O) groups excluding carboxylic acids is 3. The molecule has 4 atom stereocenters. The van der Waals surface area contributed by atoms with E-state index in [1.165, 1.54) is 0 Å². The Labute approximate surface area is 196 Å². The lowest BCUT2D eigenvalue weighted by atomic mass is 9.93. The Hall–Kier alpha value is -2.61. The molecule has 3 amide bonds. The normalized spacial score (nSPS) is 21.9. The third kappa shape index (κ3) is 9.42. The van der Waals surface area contributed by atoms with Crippen LogP contribution in [-0.4, -0.2) is 54.2 Å². The number of amides is 3. The van der Waals surface area contributed by atoms with Crippen LogP contribution in [0.1, 0.15) is 64.9 Å². The molecular formula is C25H39N3O5. The second-order valence-electron chi connectivity index (χ2n) is 8.91. The molecule has 1 aliphatic rings. The van der Waals surface area contributed by atoms with E-state index in [1.807, 2.05) is 24.3 Å². The van der Waals surface area contributed by atoms with Crippen LogP contribution in [0.3, 0.4) is 0 Å². The molecular weight excluding hydrogens is 422 g/mol. The van der Waals surface area contributed by atoms with Gasteiger partial charge in [-0.25, -0.2) is 0 Å². The lowest BCUT2D eigenvalue weighted by Crippen LogP contribution is -2.52. The third-order valence-electron chi connectivity index (χ3n) is 5.86. The number of hydrogen-bond donors (Lipinski definition) is 4. The van der Waals surface area contributed by atoms with Crippen LogP contribution in [0.15, 0.2) is 24.3 Å². The largest absolute Gasteiger partial charge is 0.494 e. The van der Waals surface area contributed by atoms with Crippen LogP contribution >= 0.6 is 0 Å². The van der Waals surface area contributed by atoms with E-state index in [0.29, 0.717) is 38.2 Å². The lowest BCUT2D eigenvalue weighted by molar-refractivity contribution is -0.129. The van der Waals surface area contributed by atoms with Gasteiger partial charge in [-0.2, -0.15) is 0 Å². The standard InChI is InChI=1S/C25H39N3O5/c1-4-5-12-26-24(31)17(2)14-22(29)21-16-19-9-8-10-20(15-19)33-13-7-6-11-23(30)27-18(3)25(32)28-21/h8-10,15,17-18,21-22,29H,4-7,11-14,16H2,1-3H3,(H,26,31)(H,27,30)(H,28,32)/t17?,18-,21?,22?/m0/s1. The van der Waals surface area contributed by atoms with Crippen molar-refractivity contribution in [2.45, 2.75) is 83.9 Å². The minimum atomic E-state index is -0.941. The van der Waals surface area contributed by atoms with Gasteiger partial charge in [-0.15, -0.1) is 0 Å². The highest BCUT2D eigenvalue weighted by Crippen LogP contribution is 2.19. The predicted molar refractivity (Wildman–Crippen MR) is 127 cm³/mol. The molecule has 4 N–H and O–H groups in total. The zero-order chi connectivity index (χ0) is 24.2. The van der Waals surface area contributed by atoms with E-state index < -0.39 is 24.1 Å². The van der Waals surface area contributed by atoms with Crippen LogP contribution in [0, 0.1) is 5.92 Å². The fraction of sp³-hybridized carbons (Fsp3) is 0.640. The van der Waals surface area contributed by atoms with E-state index >= 15 is 0 Å². The van der Waals surface area contributed by atoms with Gasteiger partial charge < -0.3 is 25.8 Å². The monoisotopic (exact) mass is 461 g/mol. The molecule has 33 heavy (non-hydrogen) atoms. The number of aliphatic hydroxyl groups excluding tert-OH is 1. The second kappa shape index (κ2) is 13.8. The minimum Gasteiger partial charge on any atom is -0.494 e. The highest BCUT2D eigenvalue weighted by Gasteiger charge is 2.28. The van der Waals surface area contributed by atoms with E-state index in [2.05, 4.69) is 22.9 Å². The van der Waals surface area contributed by atoms with Crippen LogP contribution in [0.25, 0.3) is 0 Å². The van der Waals surface area contributed by atoms with Crippen LogP contribution in [0.5, 0.6) is 5.75 Å². The first-order valence-corrected chi connectivity index (χ1v) is 12.1. The van der Waals surface area contributed by atoms with Crippen molar-refractivity contribution < 1.29 is 24.2 Å². The number of hydrogen-bond acceptors (Lipinski definition) is 5. The third-order valence-corrected chi connectivity index (χ3v) is 5.86. The van der Waals surface area contributed by atoms with Gasteiger partial charge in [-0.05, 0) is 56.7 Å². The molecule has 2 rings (SSSR count). The Morgan fingerprint density at radius 2 is 2.06 bits per heavy atom. The minimum absolute atomic E-state index is 0.109. The second-order valence-corrected chi connectivity index (χ2v) is 8.91. The average molecular weight is 462 g/mol. The molecule has 0 fully saturated rings. The van der Waals surface area contributed by atoms with Crippen LogP contribution in [0.4, 0.5) is 0 Å². The van der Waals surface area contributed by atoms with Gasteiger partial charge in [0.15, 0.2) is 0 Å². The Bertz CT molecular complexity index is 785. The zero-order valence-electron chi connectivity index (χ0n) is 20.1. The summed E-state index contributed by atoms with van der Waals surface area (Å²) in [6, 6.07) is 6.22. The van der Waals surface area contributed by atoms with Gasteiger partial charge >= 0.3 is 0 Å². The number of unbranched alkanes of at least 4 members (excludes halogenated alkanes) is 1. The van der Waals surface area contributed by atoms with Crippen molar-refractivity contribution >= 4 is 17.7 Å². The first-order valence-electron chi connectivity index (χ1n) is 12.1. The first-order chi connectivity index (χ1) is 15.8. The van der Waals surface area contributed by atoms with Gasteiger partial charge in [0.1, 0.15) is 11.8 Å². The molecule has 0 aromatic heterocycles. The summed E-state index contributed by atoms with van der Waals surface area (Å²) in [5, 5.41) is 19.5. The maximum absolute atomic E-state index is 12.8. The molecule has 0 radical (unpaired) electrons. The van der Waals surface area contributed by atoms with Crippen molar-refractivity contribution in [1.82, 2.24) is 16.0 Å². The number of aliphatic hydroxyl groups is 1. The van der Waals surface area contributed by atoms with E-state index in [0.717, 1.165) is 24.8 Å². The summed E-state index contributed by atoms with van der Waals surface area (Å²) in [7, 11) is 0. The summed E-state index contributed by atoms with van der Waals surface area (Å²) in [6.07, 6.45) is 3.25. The molecule has 184 valence electrons. The summed E-state index contributed by atoms with van der Waals surface area (Å²) in [4.78, 5) is 37.3. The van der Waals surface area contributed by atoms with Gasteiger partial charge in [-0.3, -0.25) is 14.4 Å². The quantitative estimate of drug-likeness (QED) is 0.464. The molecule has 3 unspecified atom stereocenters. The van der Waals surface area contributed by atoms with Gasteiger partial charge in [0.05, 0.1) is 18.8 Å². The highest BCUT2D eigenvalue weighted by molar-refractivity contribution is 5.87. The number of nitrogens with one attached hydrogen (secondary N) is 3. The SMILES string of the molecule is CCCCNC(=O)C(C)CC(O)C1Cc2cccc(c2)OCCCCC(=O)N[C@@H](C)C(=O)N1. The van der Waals surface area contributed by atoms with E-state index in [4.69, 9.17) is 4.74 Å². The first kappa shape index (κ1) is 26.6. The van der Waals surface area contributed by atoms with Gasteiger partial charge in [0, 0.05) is 18.9 Å². The van der Waals surface area contributed by atoms with Crippen LogP contribution < -0.4 is 20.7 Å². The molecule has 1 heterocycles. The number of rotatable bonds is 7. The summed E-state index contributed by atoms with van der Waals surface area (Å²) in [5.41, 5.74) is 0.906. The van der Waals surface area contributed by atoms with E-state index in [-0.39, 0.29) is 24.1 Å². The molecule has 0 saturated carbocycles. The number of carbonyl (C=O) groups is 3. The Kier molecular flexibility index (Phi) is 11.2. The van der Waals surface area contributed by atoms with E-state index in [1.54, 1.807) is 13.8 Å². The smallest absolute Gasteiger partial charge is 0.242 e. The van der Waals surface area contributed by atoms with Gasteiger partial charge in [-0.1, -0.05) is 32.4 Å².